The number of carboxylic acid groups (broad SMARTS) is 1. The largest absolute Gasteiger partial charge is 0.480 e. The van der Waals surface area contributed by atoms with Gasteiger partial charge in [-0.25, -0.2) is 19.7 Å². The van der Waals surface area contributed by atoms with Crippen LogP contribution in [0.25, 0.3) is 0 Å². The molecule has 0 fully saturated rings. The number of H-pyrrole nitrogens is 3. The number of hydrogen-bond donors (Lipinski definition) is 23. The Kier molecular flexibility index (Phi) is 34.4. The van der Waals surface area contributed by atoms with Crippen molar-refractivity contribution in [3.63, 3.8) is 0 Å². The molecule has 3 aromatic rings. The van der Waals surface area contributed by atoms with Gasteiger partial charge in [0.2, 0.25) is 65.0 Å². The van der Waals surface area contributed by atoms with E-state index in [0.717, 1.165) is 0 Å². The lowest BCUT2D eigenvalue weighted by molar-refractivity contribution is -0.141. The van der Waals surface area contributed by atoms with Gasteiger partial charge in [0.05, 0.1) is 38.2 Å². The number of nitrogens with two attached hydrogens (primary N) is 4. The number of thiol groups is 2. The lowest BCUT2D eigenvalue weighted by Gasteiger charge is -2.28. The maximum absolute atomic E-state index is 14.3. The van der Waals surface area contributed by atoms with Gasteiger partial charge in [-0.3, -0.25) is 57.7 Å². The van der Waals surface area contributed by atoms with Crippen LogP contribution in [-0.4, -0.2) is 232 Å². The van der Waals surface area contributed by atoms with Crippen molar-refractivity contribution in [2.24, 2.45) is 33.8 Å². The molecule has 0 unspecified atom stereocenters. The molecule has 37 nitrogen and oxygen atoms in total. The zero-order valence-corrected chi connectivity index (χ0v) is 53.6. The lowest BCUT2D eigenvalue weighted by atomic mass is 10.0. The first-order chi connectivity index (χ1) is 44.1. The Labute approximate surface area is 545 Å². The second kappa shape index (κ2) is 40.8. The molecule has 3 heterocycles. The van der Waals surface area contributed by atoms with Crippen LogP contribution in [0.2, 0.25) is 0 Å². The molecule has 0 saturated heterocycles. The molecular weight excluding hydrogens is 1260 g/mol. The molecule has 93 heavy (non-hydrogen) atoms. The van der Waals surface area contributed by atoms with Crippen molar-refractivity contribution in [2.75, 3.05) is 37.8 Å². The van der Waals surface area contributed by atoms with Crippen molar-refractivity contribution in [2.45, 2.75) is 158 Å². The molecule has 0 aliphatic heterocycles. The minimum absolute atomic E-state index is 0.0332. The Morgan fingerprint density at radius 3 is 1.25 bits per heavy atom. The average Bonchev–Trinajstić information content (AvgIpc) is 2.24. The maximum atomic E-state index is 14.3. The number of aliphatic carboxylic acids is 1. The number of amides is 11. The highest BCUT2D eigenvalue weighted by molar-refractivity contribution is 7.80. The number of nitrogens with one attached hydrogen (secondary N) is 14. The van der Waals surface area contributed by atoms with Crippen LogP contribution in [0, 0.1) is 5.92 Å². The van der Waals surface area contributed by atoms with E-state index in [-0.39, 0.29) is 87.8 Å². The summed E-state index contributed by atoms with van der Waals surface area (Å²) in [6.07, 6.45) is 8.40. The van der Waals surface area contributed by atoms with Gasteiger partial charge in [0, 0.05) is 73.0 Å². The highest BCUT2D eigenvalue weighted by Gasteiger charge is 2.36. The van der Waals surface area contributed by atoms with E-state index in [1.807, 2.05) is 0 Å². The first-order valence-corrected chi connectivity index (χ1v) is 30.8. The van der Waals surface area contributed by atoms with Crippen LogP contribution >= 0.6 is 25.3 Å². The van der Waals surface area contributed by atoms with E-state index in [2.05, 4.69) is 119 Å². The van der Waals surface area contributed by atoms with Crippen molar-refractivity contribution in [3.8, 4) is 0 Å². The number of nitrogens with zero attached hydrogens (tertiary/aromatic N) is 4. The number of guanidine groups is 1. The number of aliphatic hydroxyl groups is 2. The summed E-state index contributed by atoms with van der Waals surface area (Å²) in [5, 5.41) is 56.9. The first-order valence-electron chi connectivity index (χ1n) is 29.6. The van der Waals surface area contributed by atoms with Gasteiger partial charge in [0.25, 0.3) is 0 Å². The van der Waals surface area contributed by atoms with Crippen molar-refractivity contribution in [3.05, 3.63) is 54.7 Å². The van der Waals surface area contributed by atoms with Gasteiger partial charge in [0.15, 0.2) is 5.96 Å². The third-order valence-corrected chi connectivity index (χ3v) is 14.5. The van der Waals surface area contributed by atoms with Crippen LogP contribution in [-0.2, 0) is 76.8 Å². The second-order valence-corrected chi connectivity index (χ2v) is 22.6. The fourth-order valence-corrected chi connectivity index (χ4v) is 9.15. The molecule has 0 spiro atoms. The predicted molar refractivity (Wildman–Crippen MR) is 339 cm³/mol. The van der Waals surface area contributed by atoms with E-state index < -0.39 is 157 Å². The summed E-state index contributed by atoms with van der Waals surface area (Å²) in [4.78, 5) is 186. The van der Waals surface area contributed by atoms with Gasteiger partial charge < -0.3 is 112 Å². The highest BCUT2D eigenvalue weighted by Crippen LogP contribution is 2.11. The van der Waals surface area contributed by atoms with Gasteiger partial charge in [0.1, 0.15) is 66.5 Å². The number of hydrogen-bond acceptors (Lipinski definition) is 22. The quantitative estimate of drug-likeness (QED) is 0.0108. The molecule has 12 atom stereocenters. The molecule has 0 aliphatic carbocycles. The van der Waals surface area contributed by atoms with Crippen molar-refractivity contribution < 1.29 is 72.9 Å². The van der Waals surface area contributed by atoms with Gasteiger partial charge in [-0.1, -0.05) is 13.8 Å². The summed E-state index contributed by atoms with van der Waals surface area (Å²) in [5.41, 5.74) is 23.8. The van der Waals surface area contributed by atoms with Gasteiger partial charge in [-0.15, -0.1) is 0 Å². The molecule has 3 aromatic heterocycles. The number of carbonyl (C=O) groups excluding carboxylic acids is 11. The third kappa shape index (κ3) is 27.8. The van der Waals surface area contributed by atoms with E-state index in [0.29, 0.717) is 23.5 Å². The number of carboxylic acids is 1. The zero-order valence-electron chi connectivity index (χ0n) is 51.8. The fourth-order valence-electron chi connectivity index (χ4n) is 8.65. The molecule has 0 aliphatic rings. The molecular formula is C54H88N22O15S2. The van der Waals surface area contributed by atoms with Crippen LogP contribution in [0.15, 0.2) is 42.6 Å². The van der Waals surface area contributed by atoms with E-state index >= 15 is 0 Å². The van der Waals surface area contributed by atoms with Crippen molar-refractivity contribution >= 4 is 102 Å². The maximum Gasteiger partial charge on any atom is 0.327 e. The number of unbranched alkanes of at least 4 members (excludes halogenated alkanes) is 1. The molecule has 516 valence electrons. The van der Waals surface area contributed by atoms with Crippen molar-refractivity contribution in [1.29, 1.82) is 0 Å². The Bertz CT molecular complexity index is 2940. The molecule has 25 N–H and O–H groups in total. The first kappa shape index (κ1) is 78.3. The van der Waals surface area contributed by atoms with Crippen LogP contribution < -0.4 is 81.4 Å². The Balaban J connectivity index is 1.75. The number of carbonyl (C=O) groups is 12. The predicted octanol–water partition coefficient (Wildman–Crippen LogP) is -8.26. The summed E-state index contributed by atoms with van der Waals surface area (Å²) in [7, 11) is 0. The molecule has 0 radical (unpaired) electrons. The average molecular weight is 1350 g/mol. The zero-order chi connectivity index (χ0) is 69.3. The van der Waals surface area contributed by atoms with Gasteiger partial charge in [-0.05, 0) is 64.8 Å². The highest BCUT2D eigenvalue weighted by atomic mass is 32.1. The summed E-state index contributed by atoms with van der Waals surface area (Å²) in [5.74, 6) is -12.7. The minimum atomic E-state index is -1.74. The van der Waals surface area contributed by atoms with Crippen LogP contribution in [0.3, 0.4) is 0 Å². The standard InChI is InChI=1S/C54H88N22O15S2/c1-26(2)12-35(48(85)68-33(8-5-6-10-55)45(82)71-37(15-31-18-61-25-65-31)49(86)69-34(9-7-11-62-54(57)58)46(83)76-41(22-93)53(90)91)70-51(88)39(20-78)73-42(79)27(3)66-47(84)36(14-30-17-60-24-64-30)72-52(89)40(21-92)75-43(80)28(4)67-50(87)38(19-77)74-44(81)32(56)13-29-16-59-23-63-29/h16-18,23-28,32-41,77-78,92-93H,5-15,19-22,55-56H2,1-4H3,(H,59,63)(H,60,64)(H,61,65)(H,66,84)(H,67,87)(H,68,85)(H,69,86)(H,70,88)(H,71,82)(H,72,89)(H,73,79)(H,74,81)(H,75,80)(H,76,83)(H,90,91)(H4,57,58,62)/t27-,28-,32-,33-,34-,35-,36-,37-,38-,39-,40-,41-/m0/s1. The monoisotopic (exact) mass is 1350 g/mol. The summed E-state index contributed by atoms with van der Waals surface area (Å²) >= 11 is 8.18. The Hall–Kier alpha value is -8.92. The second-order valence-electron chi connectivity index (χ2n) is 21.9. The molecule has 0 saturated carbocycles. The summed E-state index contributed by atoms with van der Waals surface area (Å²) in [6, 6.07) is -17.2. The third-order valence-electron chi connectivity index (χ3n) is 13.8. The van der Waals surface area contributed by atoms with E-state index in [9.17, 15) is 72.9 Å². The van der Waals surface area contributed by atoms with E-state index in [4.69, 9.17) is 22.9 Å². The number of aliphatic imine (C=N–C) groups is 1. The van der Waals surface area contributed by atoms with Crippen LogP contribution in [0.4, 0.5) is 0 Å². The molecule has 11 amide bonds. The SMILES string of the molecule is CC(C)C[C@H](NC(=O)[C@H](CO)NC(=O)[C@H](C)NC(=O)[C@H](Cc1cnc[nH]1)NC(=O)[C@H](CS)NC(=O)[C@H](C)NC(=O)[C@H](CO)NC(=O)[C@@H](N)Cc1cnc[nH]1)C(=O)N[C@@H](CCCCN)C(=O)N[C@@H](Cc1cnc[nH]1)C(=O)N[C@@H](CCCN=C(N)N)C(=O)N[C@@H](CS)C(=O)O. The number of imidazole rings is 3. The smallest absolute Gasteiger partial charge is 0.327 e. The molecule has 0 aromatic carbocycles. The van der Waals surface area contributed by atoms with Gasteiger partial charge >= 0.3 is 5.97 Å². The number of aromatic amines is 3. The van der Waals surface area contributed by atoms with Gasteiger partial charge in [-0.2, -0.15) is 25.3 Å². The lowest BCUT2D eigenvalue weighted by Crippen LogP contribution is -2.61. The summed E-state index contributed by atoms with van der Waals surface area (Å²) in [6.45, 7) is 4.29. The Morgan fingerprint density at radius 2 is 0.828 bits per heavy atom. The fraction of sp³-hybridized carbons (Fsp3) is 0.593. The number of rotatable bonds is 43. The van der Waals surface area contributed by atoms with Crippen LogP contribution in [0.1, 0.15) is 83.3 Å². The molecule has 39 heteroatoms. The normalized spacial score (nSPS) is 15.0. The van der Waals surface area contributed by atoms with E-state index in [1.165, 1.54) is 51.4 Å². The Morgan fingerprint density at radius 1 is 0.473 bits per heavy atom. The number of aromatic nitrogens is 6. The van der Waals surface area contributed by atoms with E-state index in [1.54, 1.807) is 13.8 Å². The topological polar surface area (TPSA) is 600 Å². The van der Waals surface area contributed by atoms with Crippen LogP contribution in [0.5, 0.6) is 0 Å². The van der Waals surface area contributed by atoms with Crippen molar-refractivity contribution in [1.82, 2.24) is 88.4 Å². The minimum Gasteiger partial charge on any atom is -0.480 e. The molecule has 3 rings (SSSR count). The molecule has 0 bridgehead atoms. The summed E-state index contributed by atoms with van der Waals surface area (Å²) < 4.78 is 0. The number of aliphatic hydroxyl groups excluding tert-OH is 2.